The van der Waals surface area contributed by atoms with E-state index < -0.39 is 12.1 Å². The Hall–Kier alpha value is -3.20. The van der Waals surface area contributed by atoms with E-state index in [2.05, 4.69) is 26.2 Å². The molecule has 30 heavy (non-hydrogen) atoms. The lowest BCUT2D eigenvalue weighted by molar-refractivity contribution is -0.120. The maximum Gasteiger partial charge on any atom is 0.341 e. The van der Waals surface area contributed by atoms with E-state index in [0.29, 0.717) is 17.1 Å². The first-order chi connectivity index (χ1) is 14.4. The van der Waals surface area contributed by atoms with Gasteiger partial charge in [0.2, 0.25) is 0 Å². The number of ether oxygens (including phenoxy) is 1. The second kappa shape index (κ2) is 9.53. The number of nitrogens with zero attached hydrogens (tertiary/aromatic N) is 2. The van der Waals surface area contributed by atoms with Crippen LogP contribution in [0.5, 0.6) is 5.75 Å². The fourth-order valence-corrected chi connectivity index (χ4v) is 3.29. The van der Waals surface area contributed by atoms with Gasteiger partial charge in [-0.15, -0.1) is 0 Å². The lowest BCUT2D eigenvalue weighted by atomic mass is 10.1. The number of fused-ring (bicyclic) bond motifs is 1. The van der Waals surface area contributed by atoms with Crippen molar-refractivity contribution in [3.63, 3.8) is 0 Å². The van der Waals surface area contributed by atoms with Crippen molar-refractivity contribution in [1.82, 2.24) is 5.32 Å². The molecule has 0 radical (unpaired) electrons. The van der Waals surface area contributed by atoms with E-state index in [4.69, 9.17) is 10.5 Å². The van der Waals surface area contributed by atoms with Crippen molar-refractivity contribution in [2.75, 3.05) is 18.6 Å². The molecule has 1 aliphatic heterocycles. The molecule has 0 saturated heterocycles. The van der Waals surface area contributed by atoms with Crippen molar-refractivity contribution in [1.29, 1.82) is 0 Å². The lowest BCUT2D eigenvalue weighted by Gasteiger charge is -2.20. The van der Waals surface area contributed by atoms with Gasteiger partial charge in [0.05, 0.1) is 11.4 Å². The second-order valence-electron chi connectivity index (χ2n) is 6.59. The van der Waals surface area contributed by atoms with Gasteiger partial charge in [0.15, 0.2) is 0 Å². The Bertz CT molecular complexity index is 1010. The van der Waals surface area contributed by atoms with Gasteiger partial charge < -0.3 is 20.7 Å². The molecule has 0 saturated carbocycles. The van der Waals surface area contributed by atoms with Crippen LogP contribution in [-0.4, -0.2) is 37.3 Å². The summed E-state index contributed by atoms with van der Waals surface area (Å²) in [6, 6.07) is 9.56. The van der Waals surface area contributed by atoms with E-state index in [0.717, 1.165) is 10.0 Å². The summed E-state index contributed by atoms with van der Waals surface area (Å²) in [5, 5.41) is 2.58. The monoisotopic (exact) mass is 474 g/mol. The Morgan fingerprint density at radius 3 is 2.80 bits per heavy atom. The topological polar surface area (TPSA) is 97.0 Å². The Labute approximate surface area is 181 Å². The molecule has 0 aromatic heterocycles. The molecule has 1 heterocycles. The maximum atomic E-state index is 13.1. The van der Waals surface area contributed by atoms with E-state index in [1.54, 1.807) is 37.4 Å². The van der Waals surface area contributed by atoms with Gasteiger partial charge in [-0.3, -0.25) is 4.79 Å². The number of amides is 3. The largest absolute Gasteiger partial charge is 0.489 e. The number of likely N-dealkylation sites (N-methyl/N-ethyl adjacent to an activating group) is 1. The number of nitrogens with one attached hydrogen (secondary N) is 1. The molecule has 0 unspecified atom stereocenters. The van der Waals surface area contributed by atoms with Crippen LogP contribution in [0.25, 0.3) is 0 Å². The molecule has 3 rings (SSSR count). The molecular weight excluding hydrogens is 455 g/mol. The summed E-state index contributed by atoms with van der Waals surface area (Å²) in [7, 11) is 1.61. The number of aliphatic imine (C=N–C) groups is 1. The van der Waals surface area contributed by atoms with Gasteiger partial charge in [-0.2, -0.15) is 4.99 Å². The molecule has 0 bridgehead atoms. The number of allylic oxidation sites excluding steroid dienone is 1. The predicted octanol–water partition coefficient (Wildman–Crippen LogP) is 3.18. The number of benzene rings is 2. The van der Waals surface area contributed by atoms with Crippen molar-refractivity contribution in [2.45, 2.75) is 12.5 Å². The van der Waals surface area contributed by atoms with E-state index >= 15 is 0 Å². The third-order valence-corrected chi connectivity index (χ3v) is 4.94. The SMILES string of the molecule is CN1C(=O)[C@@H](NC(=O)/N=C(/C=C\N)Cc2ccc(F)cc2)COc2ccc(Br)cc21. The molecule has 0 spiro atoms. The minimum Gasteiger partial charge on any atom is -0.489 e. The summed E-state index contributed by atoms with van der Waals surface area (Å²) in [6.45, 7) is -0.0287. The normalized spacial score (nSPS) is 16.8. The van der Waals surface area contributed by atoms with Gasteiger partial charge in [0.1, 0.15) is 24.2 Å². The van der Waals surface area contributed by atoms with E-state index in [1.165, 1.54) is 29.3 Å². The fourth-order valence-electron chi connectivity index (χ4n) is 2.94. The van der Waals surface area contributed by atoms with Gasteiger partial charge in [-0.1, -0.05) is 28.1 Å². The van der Waals surface area contributed by atoms with E-state index in [-0.39, 0.29) is 24.8 Å². The van der Waals surface area contributed by atoms with Crippen molar-refractivity contribution in [2.24, 2.45) is 10.7 Å². The summed E-state index contributed by atoms with van der Waals surface area (Å²) < 4.78 is 19.6. The predicted molar refractivity (Wildman–Crippen MR) is 116 cm³/mol. The highest BCUT2D eigenvalue weighted by Gasteiger charge is 2.30. The minimum atomic E-state index is -0.911. The average molecular weight is 475 g/mol. The maximum absolute atomic E-state index is 13.1. The Morgan fingerprint density at radius 1 is 1.37 bits per heavy atom. The first kappa shape index (κ1) is 21.5. The van der Waals surface area contributed by atoms with Crippen LogP contribution < -0.4 is 20.7 Å². The quantitative estimate of drug-likeness (QED) is 0.664. The number of nitrogens with two attached hydrogens (primary N) is 1. The number of hydrogen-bond acceptors (Lipinski definition) is 4. The molecule has 0 aliphatic carbocycles. The highest BCUT2D eigenvalue weighted by molar-refractivity contribution is 9.10. The third-order valence-electron chi connectivity index (χ3n) is 4.45. The summed E-state index contributed by atoms with van der Waals surface area (Å²) in [5.74, 6) is -0.143. The molecule has 1 aliphatic rings. The van der Waals surface area contributed by atoms with Crippen LogP contribution in [0.2, 0.25) is 0 Å². The third kappa shape index (κ3) is 5.24. The first-order valence-electron chi connectivity index (χ1n) is 9.08. The molecule has 3 amide bonds. The second-order valence-corrected chi connectivity index (χ2v) is 7.50. The highest BCUT2D eigenvalue weighted by atomic mass is 79.9. The summed E-state index contributed by atoms with van der Waals surface area (Å²) in [4.78, 5) is 30.7. The minimum absolute atomic E-state index is 0.0287. The molecule has 3 N–H and O–H groups in total. The highest BCUT2D eigenvalue weighted by Crippen LogP contribution is 2.33. The zero-order chi connectivity index (χ0) is 21.7. The van der Waals surface area contributed by atoms with Crippen LogP contribution in [0.3, 0.4) is 0 Å². The summed E-state index contributed by atoms with van der Waals surface area (Å²) in [5.41, 5.74) is 7.17. The van der Waals surface area contributed by atoms with Crippen LogP contribution in [0.4, 0.5) is 14.9 Å². The first-order valence-corrected chi connectivity index (χ1v) is 9.87. The van der Waals surface area contributed by atoms with Crippen molar-refractivity contribution >= 4 is 39.3 Å². The van der Waals surface area contributed by atoms with Gasteiger partial charge >= 0.3 is 6.03 Å². The van der Waals surface area contributed by atoms with E-state index in [1.807, 2.05) is 0 Å². The lowest BCUT2D eigenvalue weighted by Crippen LogP contribution is -2.48. The van der Waals surface area contributed by atoms with Crippen LogP contribution in [0, 0.1) is 5.82 Å². The molecule has 1 atom stereocenters. The number of hydrogen-bond donors (Lipinski definition) is 2. The molecule has 7 nitrogen and oxygen atoms in total. The number of anilines is 1. The fraction of sp³-hybridized carbons (Fsp3) is 0.190. The van der Waals surface area contributed by atoms with Crippen LogP contribution >= 0.6 is 15.9 Å². The molecule has 2 aromatic rings. The van der Waals surface area contributed by atoms with Gasteiger partial charge in [-0.05, 0) is 48.2 Å². The van der Waals surface area contributed by atoms with Gasteiger partial charge in [0, 0.05) is 17.9 Å². The zero-order valence-electron chi connectivity index (χ0n) is 16.1. The van der Waals surface area contributed by atoms with Crippen molar-refractivity contribution < 1.29 is 18.7 Å². The number of rotatable bonds is 4. The van der Waals surface area contributed by atoms with Crippen molar-refractivity contribution in [3.8, 4) is 5.75 Å². The summed E-state index contributed by atoms with van der Waals surface area (Å²) in [6.07, 6.45) is 3.02. The van der Waals surface area contributed by atoms with E-state index in [9.17, 15) is 14.0 Å². The van der Waals surface area contributed by atoms with Crippen molar-refractivity contribution in [3.05, 3.63) is 70.6 Å². The number of halogens is 2. The number of carbonyl (C=O) groups is 2. The number of urea groups is 1. The van der Waals surface area contributed by atoms with Gasteiger partial charge in [-0.25, -0.2) is 9.18 Å². The smallest absolute Gasteiger partial charge is 0.341 e. The molecule has 156 valence electrons. The van der Waals surface area contributed by atoms with Crippen LogP contribution in [0.15, 0.2) is 64.2 Å². The molecule has 9 heteroatoms. The van der Waals surface area contributed by atoms with Crippen LogP contribution in [0.1, 0.15) is 5.56 Å². The van der Waals surface area contributed by atoms with Gasteiger partial charge in [0.25, 0.3) is 5.91 Å². The Balaban J connectivity index is 1.73. The number of carbonyl (C=O) groups excluding carboxylic acids is 2. The van der Waals surface area contributed by atoms with Crippen LogP contribution in [-0.2, 0) is 11.2 Å². The molecular formula is C21H20BrFN4O3. The zero-order valence-corrected chi connectivity index (χ0v) is 17.7. The Morgan fingerprint density at radius 2 is 2.10 bits per heavy atom. The molecule has 2 aromatic carbocycles. The molecule has 0 fully saturated rings. The average Bonchev–Trinajstić information content (AvgIpc) is 2.82. The Kier molecular flexibility index (Phi) is 6.83. The standard InChI is InChI=1S/C21H20BrFN4O3/c1-27-18-11-14(22)4-7-19(18)30-12-17(20(27)28)26-21(29)25-16(8-9-24)10-13-2-5-15(23)6-3-13/h2-9,11,17H,10,12,24H2,1H3,(H,26,29)/b9-8-,25-16-/t17-/m0/s1. The summed E-state index contributed by atoms with van der Waals surface area (Å²) >= 11 is 3.37.